The summed E-state index contributed by atoms with van der Waals surface area (Å²) in [5, 5.41) is 4.08. The highest BCUT2D eigenvalue weighted by atomic mass is 19.3. The predicted octanol–water partition coefficient (Wildman–Crippen LogP) is 7.25. The van der Waals surface area contributed by atoms with E-state index in [1.807, 2.05) is 49.4 Å². The van der Waals surface area contributed by atoms with Crippen LogP contribution in [0.3, 0.4) is 0 Å². The molecule has 0 saturated heterocycles. The maximum absolute atomic E-state index is 13.1. The van der Waals surface area contributed by atoms with Gasteiger partial charge in [0.15, 0.2) is 6.10 Å². The van der Waals surface area contributed by atoms with Crippen molar-refractivity contribution in [1.82, 2.24) is 9.88 Å². The van der Waals surface area contributed by atoms with Gasteiger partial charge in [-0.3, -0.25) is 9.74 Å². The molecule has 3 aromatic carbocycles. The lowest BCUT2D eigenvalue weighted by atomic mass is 10.0. The molecule has 0 saturated carbocycles. The maximum Gasteiger partial charge on any atom is 0.388 e. The summed E-state index contributed by atoms with van der Waals surface area (Å²) in [7, 11) is 0. The number of halogens is 1. The summed E-state index contributed by atoms with van der Waals surface area (Å²) in [6, 6.07) is 19.7. The average Bonchev–Trinajstić information content (AvgIpc) is 3.20. The molecule has 1 unspecified atom stereocenters. The van der Waals surface area contributed by atoms with Crippen molar-refractivity contribution >= 4 is 22.8 Å². The minimum absolute atomic E-state index is 0.111. The summed E-state index contributed by atoms with van der Waals surface area (Å²) >= 11 is 0. The van der Waals surface area contributed by atoms with Crippen LogP contribution in [0, 0.1) is 20.8 Å². The number of amides is 1. The van der Waals surface area contributed by atoms with Crippen molar-refractivity contribution in [3.63, 3.8) is 0 Å². The van der Waals surface area contributed by atoms with Gasteiger partial charge in [0, 0.05) is 39.8 Å². The van der Waals surface area contributed by atoms with Gasteiger partial charge in [0.25, 0.3) is 5.91 Å². The Hall–Kier alpha value is -4.13. The molecule has 1 amide bonds. The van der Waals surface area contributed by atoms with E-state index in [1.165, 1.54) is 5.56 Å². The van der Waals surface area contributed by atoms with E-state index in [9.17, 15) is 14.1 Å². The van der Waals surface area contributed by atoms with Gasteiger partial charge >= 0.3 is 5.97 Å². The highest BCUT2D eigenvalue weighted by Crippen LogP contribution is 2.29. The van der Waals surface area contributed by atoms with Crippen LogP contribution >= 0.6 is 0 Å². The van der Waals surface area contributed by atoms with Gasteiger partial charge < -0.3 is 14.6 Å². The molecule has 210 valence electrons. The zero-order valence-corrected chi connectivity index (χ0v) is 24.0. The van der Waals surface area contributed by atoms with Crippen LogP contribution in [0.25, 0.3) is 10.9 Å². The molecule has 7 heteroatoms. The molecule has 40 heavy (non-hydrogen) atoms. The van der Waals surface area contributed by atoms with Gasteiger partial charge in [-0.1, -0.05) is 51.1 Å². The van der Waals surface area contributed by atoms with Crippen molar-refractivity contribution < 1.29 is 23.8 Å². The Morgan fingerprint density at radius 1 is 1.00 bits per heavy atom. The molecule has 1 atom stereocenters. The quantitative estimate of drug-likeness (QED) is 0.228. The topological polar surface area (TPSA) is 69.6 Å². The third kappa shape index (κ3) is 6.19. The molecule has 4 rings (SSSR count). The molecular weight excluding hydrogens is 507 g/mol. The summed E-state index contributed by atoms with van der Waals surface area (Å²) in [6.45, 7) is 13.2. The first kappa shape index (κ1) is 28.9. The number of carbonyl (C=O) groups excluding carboxylic acids is 2. The van der Waals surface area contributed by atoms with Crippen molar-refractivity contribution in [3.05, 3.63) is 99.7 Å². The second kappa shape index (κ2) is 12.4. The molecule has 0 aliphatic carbocycles. The lowest BCUT2D eigenvalue weighted by Gasteiger charge is -2.16. The second-order valence-electron chi connectivity index (χ2n) is 10.6. The van der Waals surface area contributed by atoms with E-state index < -0.39 is 12.1 Å². The highest BCUT2D eigenvalue weighted by Gasteiger charge is 2.22. The van der Waals surface area contributed by atoms with E-state index in [4.69, 9.17) is 4.74 Å². The average molecular weight is 545 g/mol. The van der Waals surface area contributed by atoms with Gasteiger partial charge in [-0.2, -0.15) is 0 Å². The van der Waals surface area contributed by atoms with Gasteiger partial charge in [-0.05, 0) is 91.3 Å². The predicted molar refractivity (Wildman–Crippen MR) is 155 cm³/mol. The van der Waals surface area contributed by atoms with Crippen LogP contribution in [0.5, 0.6) is 5.75 Å². The van der Waals surface area contributed by atoms with Gasteiger partial charge in [-0.25, -0.2) is 4.79 Å². The van der Waals surface area contributed by atoms with Crippen LogP contribution in [-0.2, 0) is 22.8 Å². The van der Waals surface area contributed by atoms with Gasteiger partial charge in [-0.15, -0.1) is 0 Å². The SMILES string of the molecule is CCC(Oc1ccc(C)c(Cn2c(C)c(C)c3cc(C(=O)NCc4cccc(C(C)C)c4)ccc32)c1)C(=O)OF. The number of carbonyl (C=O) groups is 2. The van der Waals surface area contributed by atoms with E-state index in [1.54, 1.807) is 13.0 Å². The van der Waals surface area contributed by atoms with Crippen LogP contribution < -0.4 is 10.1 Å². The van der Waals surface area contributed by atoms with E-state index in [2.05, 4.69) is 54.7 Å². The normalized spacial score (nSPS) is 12.0. The Morgan fingerprint density at radius 2 is 1.77 bits per heavy atom. The Bertz CT molecular complexity index is 1540. The lowest BCUT2D eigenvalue weighted by molar-refractivity contribution is -0.192. The molecule has 1 N–H and O–H groups in total. The third-order valence-electron chi connectivity index (χ3n) is 7.61. The number of ether oxygens (including phenoxy) is 1. The fourth-order valence-electron chi connectivity index (χ4n) is 4.92. The molecule has 0 aliphatic heterocycles. The van der Waals surface area contributed by atoms with E-state index >= 15 is 0 Å². The first-order chi connectivity index (χ1) is 19.1. The van der Waals surface area contributed by atoms with Crippen LogP contribution in [0.2, 0.25) is 0 Å². The second-order valence-corrected chi connectivity index (χ2v) is 10.6. The number of nitrogens with one attached hydrogen (secondary N) is 1. The fourth-order valence-corrected chi connectivity index (χ4v) is 4.92. The Morgan fingerprint density at radius 3 is 2.48 bits per heavy atom. The number of aryl methyl sites for hydroxylation is 2. The van der Waals surface area contributed by atoms with Crippen LogP contribution in [-0.4, -0.2) is 22.5 Å². The number of hydrogen-bond donors (Lipinski definition) is 1. The molecule has 0 spiro atoms. The fraction of sp³-hybridized carbons (Fsp3) is 0.333. The van der Waals surface area contributed by atoms with E-state index in [-0.39, 0.29) is 12.3 Å². The Kier molecular flexibility index (Phi) is 8.93. The van der Waals surface area contributed by atoms with Crippen LogP contribution in [0.4, 0.5) is 4.53 Å². The zero-order valence-electron chi connectivity index (χ0n) is 24.0. The summed E-state index contributed by atoms with van der Waals surface area (Å²) in [5.41, 5.74) is 8.23. The third-order valence-corrected chi connectivity index (χ3v) is 7.61. The smallest absolute Gasteiger partial charge is 0.388 e. The molecule has 1 heterocycles. The monoisotopic (exact) mass is 544 g/mol. The number of nitrogens with zero attached hydrogens (tertiary/aromatic N) is 1. The number of benzene rings is 3. The summed E-state index contributed by atoms with van der Waals surface area (Å²) < 4.78 is 20.4. The molecular formula is C33H37FN2O4. The molecule has 0 bridgehead atoms. The number of hydrogen-bond acceptors (Lipinski definition) is 4. The zero-order chi connectivity index (χ0) is 29.0. The van der Waals surface area contributed by atoms with Crippen molar-refractivity contribution in [2.45, 2.75) is 73.1 Å². The number of aromatic nitrogens is 1. The minimum atomic E-state index is -1.04. The van der Waals surface area contributed by atoms with Crippen molar-refractivity contribution in [2.24, 2.45) is 0 Å². The molecule has 0 fully saturated rings. The molecule has 6 nitrogen and oxygen atoms in total. The van der Waals surface area contributed by atoms with Gasteiger partial charge in [0.05, 0.1) is 0 Å². The van der Waals surface area contributed by atoms with Crippen molar-refractivity contribution in [2.75, 3.05) is 0 Å². The van der Waals surface area contributed by atoms with Crippen LogP contribution in [0.1, 0.15) is 77.0 Å². The minimum Gasteiger partial charge on any atom is -0.479 e. The summed E-state index contributed by atoms with van der Waals surface area (Å²) in [6.07, 6.45) is -0.729. The van der Waals surface area contributed by atoms with Crippen LogP contribution in [0.15, 0.2) is 60.7 Å². The van der Waals surface area contributed by atoms with E-state index in [0.29, 0.717) is 30.3 Å². The Balaban J connectivity index is 1.56. The molecule has 1 aromatic heterocycles. The lowest BCUT2D eigenvalue weighted by Crippen LogP contribution is -2.26. The Labute approximate surface area is 235 Å². The first-order valence-electron chi connectivity index (χ1n) is 13.7. The van der Waals surface area contributed by atoms with Gasteiger partial charge in [0.2, 0.25) is 0 Å². The standard InChI is InChI=1S/C33H37FN2O4/c1-7-31(33(38)40-34)39-28-13-11-21(4)27(16-28)19-36-23(6)22(5)29-17-26(12-14-30(29)36)32(37)35-18-24-9-8-10-25(15-24)20(2)3/h8-17,20,31H,7,18-19H2,1-6H3,(H,35,37). The molecule has 4 aromatic rings. The highest BCUT2D eigenvalue weighted by molar-refractivity contribution is 5.99. The summed E-state index contributed by atoms with van der Waals surface area (Å²) in [4.78, 5) is 28.1. The molecule has 0 aliphatic rings. The largest absolute Gasteiger partial charge is 0.479 e. The molecule has 0 radical (unpaired) electrons. The number of fused-ring (bicyclic) bond motifs is 1. The van der Waals surface area contributed by atoms with Gasteiger partial charge in [0.1, 0.15) is 5.75 Å². The van der Waals surface area contributed by atoms with E-state index in [0.717, 1.165) is 38.9 Å². The van der Waals surface area contributed by atoms with Crippen molar-refractivity contribution in [3.8, 4) is 5.75 Å². The maximum atomic E-state index is 13.1. The summed E-state index contributed by atoms with van der Waals surface area (Å²) in [5.74, 6) is -0.252. The first-order valence-corrected chi connectivity index (χ1v) is 13.7. The van der Waals surface area contributed by atoms with Crippen molar-refractivity contribution in [1.29, 1.82) is 0 Å². The number of rotatable bonds is 10.